The number of rotatable bonds is 8. The average molecular weight is 366 g/mol. The summed E-state index contributed by atoms with van der Waals surface area (Å²) in [6.07, 6.45) is 1.74. The predicted molar refractivity (Wildman–Crippen MR) is 97.1 cm³/mol. The van der Waals surface area contributed by atoms with Crippen molar-refractivity contribution < 1.29 is 18.7 Å². The summed E-state index contributed by atoms with van der Waals surface area (Å²) in [5.74, 6) is 0.234. The lowest BCUT2D eigenvalue weighted by Gasteiger charge is -2.14. The monoisotopic (exact) mass is 365 g/mol. The van der Waals surface area contributed by atoms with Gasteiger partial charge in [0.2, 0.25) is 5.91 Å². The van der Waals surface area contributed by atoms with Gasteiger partial charge in [-0.25, -0.2) is 4.39 Å². The van der Waals surface area contributed by atoms with Crippen LogP contribution in [0.5, 0.6) is 11.5 Å². The highest BCUT2D eigenvalue weighted by Gasteiger charge is 2.14. The van der Waals surface area contributed by atoms with E-state index in [0.717, 1.165) is 12.8 Å². The normalized spacial score (nSPS) is 10.4. The van der Waals surface area contributed by atoms with E-state index in [2.05, 4.69) is 12.2 Å². The Bertz CT molecular complexity index is 716. The van der Waals surface area contributed by atoms with Gasteiger partial charge in [0.25, 0.3) is 0 Å². The van der Waals surface area contributed by atoms with Gasteiger partial charge in [0, 0.05) is 16.7 Å². The molecule has 0 aliphatic carbocycles. The van der Waals surface area contributed by atoms with E-state index in [1.165, 1.54) is 19.2 Å². The molecule has 6 heteroatoms. The highest BCUT2D eigenvalue weighted by atomic mass is 35.5. The molecular formula is C19H21ClFNO3. The third-order valence-corrected chi connectivity index (χ3v) is 3.97. The largest absolute Gasteiger partial charge is 0.497 e. The van der Waals surface area contributed by atoms with E-state index >= 15 is 0 Å². The first kappa shape index (κ1) is 19.1. The van der Waals surface area contributed by atoms with Crippen LogP contribution in [0.1, 0.15) is 25.3 Å². The molecule has 4 nitrogen and oxygen atoms in total. The molecule has 1 N–H and O–H groups in total. The van der Waals surface area contributed by atoms with Crippen molar-refractivity contribution in [2.75, 3.05) is 19.0 Å². The van der Waals surface area contributed by atoms with Crippen molar-refractivity contribution in [3.8, 4) is 11.5 Å². The quantitative estimate of drug-likeness (QED) is 0.680. The van der Waals surface area contributed by atoms with E-state index in [1.807, 2.05) is 0 Å². The van der Waals surface area contributed by atoms with Crippen LogP contribution in [0, 0.1) is 5.82 Å². The molecule has 0 aromatic heterocycles. The minimum absolute atomic E-state index is 0.165. The lowest BCUT2D eigenvalue weighted by Crippen LogP contribution is -2.16. The fourth-order valence-electron chi connectivity index (χ4n) is 2.24. The average Bonchev–Trinajstić information content (AvgIpc) is 2.59. The van der Waals surface area contributed by atoms with Crippen LogP contribution in [0.2, 0.25) is 5.02 Å². The Morgan fingerprint density at radius 2 is 2.08 bits per heavy atom. The molecule has 0 saturated carbocycles. The van der Waals surface area contributed by atoms with E-state index in [4.69, 9.17) is 21.1 Å². The van der Waals surface area contributed by atoms with E-state index in [-0.39, 0.29) is 22.9 Å². The third kappa shape index (κ3) is 5.36. The SMILES string of the molecule is CCCCOc1ccc(OC)cc1NC(=O)Cc1c(F)cccc1Cl. The number of hydrogen-bond donors (Lipinski definition) is 1. The molecule has 25 heavy (non-hydrogen) atoms. The number of halogens is 2. The molecule has 0 atom stereocenters. The van der Waals surface area contributed by atoms with Gasteiger partial charge in [-0.1, -0.05) is 31.0 Å². The first-order chi connectivity index (χ1) is 12.0. The second kappa shape index (κ2) is 9.28. The topological polar surface area (TPSA) is 47.6 Å². The third-order valence-electron chi connectivity index (χ3n) is 3.62. The standard InChI is InChI=1S/C19H21ClFNO3/c1-3-4-10-25-18-9-8-13(24-2)11-17(18)22-19(23)12-14-15(20)6-5-7-16(14)21/h5-9,11H,3-4,10,12H2,1-2H3,(H,22,23). The maximum atomic E-state index is 13.8. The lowest BCUT2D eigenvalue weighted by atomic mass is 10.1. The van der Waals surface area contributed by atoms with E-state index < -0.39 is 5.82 Å². The van der Waals surface area contributed by atoms with E-state index in [9.17, 15) is 9.18 Å². The molecule has 2 rings (SSSR count). The zero-order chi connectivity index (χ0) is 18.2. The number of ether oxygens (including phenoxy) is 2. The Morgan fingerprint density at radius 1 is 1.28 bits per heavy atom. The van der Waals surface area contributed by atoms with Crippen LogP contribution in [-0.2, 0) is 11.2 Å². The number of anilines is 1. The summed E-state index contributed by atoms with van der Waals surface area (Å²) in [6.45, 7) is 2.61. The van der Waals surface area contributed by atoms with Crippen molar-refractivity contribution in [2.45, 2.75) is 26.2 Å². The van der Waals surface area contributed by atoms with Crippen LogP contribution in [0.3, 0.4) is 0 Å². The minimum Gasteiger partial charge on any atom is -0.497 e. The number of unbranched alkanes of at least 4 members (excludes halogenated alkanes) is 1. The van der Waals surface area contributed by atoms with Crippen LogP contribution >= 0.6 is 11.6 Å². The first-order valence-corrected chi connectivity index (χ1v) is 8.46. The molecule has 0 aliphatic rings. The number of benzene rings is 2. The zero-order valence-corrected chi connectivity index (χ0v) is 15.0. The Balaban J connectivity index is 2.15. The summed E-state index contributed by atoms with van der Waals surface area (Å²) in [5, 5.41) is 2.97. The molecule has 0 saturated heterocycles. The number of hydrogen-bond acceptors (Lipinski definition) is 3. The fourth-order valence-corrected chi connectivity index (χ4v) is 2.47. The summed E-state index contributed by atoms with van der Waals surface area (Å²) >= 11 is 5.98. The summed E-state index contributed by atoms with van der Waals surface area (Å²) in [4.78, 5) is 12.3. The van der Waals surface area contributed by atoms with Gasteiger partial charge in [-0.2, -0.15) is 0 Å². The van der Waals surface area contributed by atoms with Crippen LogP contribution in [0.25, 0.3) is 0 Å². The number of amides is 1. The number of nitrogens with one attached hydrogen (secondary N) is 1. The number of carbonyl (C=O) groups excluding carboxylic acids is 1. The molecule has 0 fully saturated rings. The van der Waals surface area contributed by atoms with Gasteiger partial charge < -0.3 is 14.8 Å². The summed E-state index contributed by atoms with van der Waals surface area (Å²) in [5.41, 5.74) is 0.644. The number of methoxy groups -OCH3 is 1. The van der Waals surface area contributed by atoms with Crippen LogP contribution in [0.4, 0.5) is 10.1 Å². The lowest BCUT2D eigenvalue weighted by molar-refractivity contribution is -0.115. The van der Waals surface area contributed by atoms with Crippen molar-refractivity contribution in [3.63, 3.8) is 0 Å². The van der Waals surface area contributed by atoms with Crippen LogP contribution < -0.4 is 14.8 Å². The predicted octanol–water partition coefficient (Wildman–Crippen LogP) is 4.85. The first-order valence-electron chi connectivity index (χ1n) is 8.08. The Kier molecular flexibility index (Phi) is 7.07. The molecule has 2 aromatic rings. The summed E-state index contributed by atoms with van der Waals surface area (Å²) in [6, 6.07) is 9.49. The van der Waals surface area contributed by atoms with Gasteiger partial charge in [-0.05, 0) is 30.7 Å². The van der Waals surface area contributed by atoms with Gasteiger partial charge in [-0.3, -0.25) is 4.79 Å². The fraction of sp³-hybridized carbons (Fsp3) is 0.316. The number of carbonyl (C=O) groups is 1. The van der Waals surface area contributed by atoms with Crippen molar-refractivity contribution in [2.24, 2.45) is 0 Å². The van der Waals surface area contributed by atoms with Crippen LogP contribution in [-0.4, -0.2) is 19.6 Å². The minimum atomic E-state index is -0.507. The molecule has 0 aliphatic heterocycles. The van der Waals surface area contributed by atoms with Crippen LogP contribution in [0.15, 0.2) is 36.4 Å². The maximum absolute atomic E-state index is 13.8. The van der Waals surface area contributed by atoms with E-state index in [1.54, 1.807) is 24.3 Å². The second-order valence-electron chi connectivity index (χ2n) is 5.49. The summed E-state index contributed by atoms with van der Waals surface area (Å²) < 4.78 is 24.7. The molecule has 0 bridgehead atoms. The molecule has 0 radical (unpaired) electrons. The Labute approximate surface area is 151 Å². The molecule has 2 aromatic carbocycles. The second-order valence-corrected chi connectivity index (χ2v) is 5.90. The highest BCUT2D eigenvalue weighted by molar-refractivity contribution is 6.31. The van der Waals surface area contributed by atoms with Gasteiger partial charge in [-0.15, -0.1) is 0 Å². The van der Waals surface area contributed by atoms with Crippen molar-refractivity contribution >= 4 is 23.2 Å². The van der Waals surface area contributed by atoms with Gasteiger partial charge in [0.15, 0.2) is 0 Å². The molecule has 134 valence electrons. The van der Waals surface area contributed by atoms with Crippen molar-refractivity contribution in [3.05, 3.63) is 52.8 Å². The van der Waals surface area contributed by atoms with Crippen molar-refractivity contribution in [1.82, 2.24) is 0 Å². The highest BCUT2D eigenvalue weighted by Crippen LogP contribution is 2.30. The Hall–Kier alpha value is -2.27. The molecule has 1 amide bonds. The zero-order valence-electron chi connectivity index (χ0n) is 14.3. The van der Waals surface area contributed by atoms with Gasteiger partial charge in [0.05, 0.1) is 25.8 Å². The van der Waals surface area contributed by atoms with E-state index in [0.29, 0.717) is 23.8 Å². The molecular weight excluding hydrogens is 345 g/mol. The van der Waals surface area contributed by atoms with Crippen molar-refractivity contribution in [1.29, 1.82) is 0 Å². The molecule has 0 spiro atoms. The maximum Gasteiger partial charge on any atom is 0.229 e. The van der Waals surface area contributed by atoms with Gasteiger partial charge in [0.1, 0.15) is 17.3 Å². The molecule has 0 heterocycles. The smallest absolute Gasteiger partial charge is 0.229 e. The molecule has 0 unspecified atom stereocenters. The Morgan fingerprint density at radius 3 is 2.76 bits per heavy atom. The van der Waals surface area contributed by atoms with Gasteiger partial charge >= 0.3 is 0 Å². The summed E-state index contributed by atoms with van der Waals surface area (Å²) in [7, 11) is 1.54.